The van der Waals surface area contributed by atoms with Gasteiger partial charge in [-0.15, -0.1) is 5.10 Å². The molecule has 0 saturated carbocycles. The highest BCUT2D eigenvalue weighted by molar-refractivity contribution is 5.92. The Morgan fingerprint density at radius 3 is 2.63 bits per heavy atom. The Labute approximate surface area is 154 Å². The molecule has 1 amide bonds. The van der Waals surface area contributed by atoms with E-state index in [9.17, 15) is 18.0 Å². The second-order valence-electron chi connectivity index (χ2n) is 6.58. The lowest BCUT2D eigenvalue weighted by atomic mass is 9.93. The van der Waals surface area contributed by atoms with E-state index >= 15 is 0 Å². The van der Waals surface area contributed by atoms with Crippen LogP contribution in [-0.2, 0) is 6.18 Å². The van der Waals surface area contributed by atoms with E-state index < -0.39 is 11.7 Å². The number of pyridine rings is 1. The van der Waals surface area contributed by atoms with Crippen molar-refractivity contribution in [2.24, 2.45) is 5.92 Å². The van der Waals surface area contributed by atoms with Gasteiger partial charge in [0.25, 0.3) is 5.91 Å². The summed E-state index contributed by atoms with van der Waals surface area (Å²) >= 11 is 0. The van der Waals surface area contributed by atoms with Crippen molar-refractivity contribution in [3.05, 3.63) is 35.8 Å². The van der Waals surface area contributed by atoms with Gasteiger partial charge in [-0.3, -0.25) is 4.79 Å². The summed E-state index contributed by atoms with van der Waals surface area (Å²) in [6.07, 6.45) is 0.659. The van der Waals surface area contributed by atoms with Crippen LogP contribution in [0.4, 0.5) is 13.2 Å². The summed E-state index contributed by atoms with van der Waals surface area (Å²) in [7, 11) is 1.92. The Kier molecular flexibility index (Phi) is 5.73. The number of halogens is 3. The second-order valence-corrected chi connectivity index (χ2v) is 6.58. The molecule has 0 atom stereocenters. The monoisotopic (exact) mass is 382 g/mol. The second kappa shape index (κ2) is 8.03. The summed E-state index contributed by atoms with van der Waals surface area (Å²) in [5.74, 6) is 0.550. The lowest BCUT2D eigenvalue weighted by Crippen LogP contribution is -2.39. The Balaban J connectivity index is 1.63. The van der Waals surface area contributed by atoms with Crippen LogP contribution in [0.25, 0.3) is 5.82 Å². The van der Waals surface area contributed by atoms with Crippen molar-refractivity contribution in [2.75, 3.05) is 26.7 Å². The van der Waals surface area contributed by atoms with Crippen molar-refractivity contribution in [1.82, 2.24) is 30.2 Å². The number of alkyl halides is 3. The number of hydrogen-bond donors (Lipinski definition) is 1. The van der Waals surface area contributed by atoms with Gasteiger partial charge >= 0.3 is 6.18 Å². The molecular formula is C17H21F3N6O. The van der Waals surface area contributed by atoms with Crippen LogP contribution in [0, 0.1) is 5.92 Å². The fourth-order valence-corrected chi connectivity index (χ4v) is 3.10. The number of amides is 1. The molecule has 3 rings (SSSR count). The van der Waals surface area contributed by atoms with Gasteiger partial charge in [0.2, 0.25) is 0 Å². The van der Waals surface area contributed by atoms with Crippen molar-refractivity contribution >= 4 is 5.91 Å². The van der Waals surface area contributed by atoms with E-state index in [2.05, 4.69) is 20.6 Å². The maximum Gasteiger partial charge on any atom is 0.417 e. The Hall–Kier alpha value is -2.49. The fourth-order valence-electron chi connectivity index (χ4n) is 3.10. The van der Waals surface area contributed by atoms with Crippen molar-refractivity contribution in [3.63, 3.8) is 0 Å². The van der Waals surface area contributed by atoms with E-state index in [0.717, 1.165) is 38.1 Å². The Bertz CT molecular complexity index is 766. The molecule has 0 aromatic carbocycles. The molecule has 3 heterocycles. The van der Waals surface area contributed by atoms with Crippen molar-refractivity contribution in [2.45, 2.75) is 25.4 Å². The zero-order chi connectivity index (χ0) is 19.4. The zero-order valence-electron chi connectivity index (χ0n) is 14.9. The molecule has 1 saturated heterocycles. The van der Waals surface area contributed by atoms with Crippen LogP contribution >= 0.6 is 0 Å². The first-order valence-electron chi connectivity index (χ1n) is 8.78. The van der Waals surface area contributed by atoms with Crippen molar-refractivity contribution < 1.29 is 18.0 Å². The highest BCUT2D eigenvalue weighted by Gasteiger charge is 2.31. The smallest absolute Gasteiger partial charge is 0.337 e. The molecule has 1 aliphatic heterocycles. The predicted octanol–water partition coefficient (Wildman–Crippen LogP) is 2.14. The van der Waals surface area contributed by atoms with Gasteiger partial charge in [0, 0.05) is 19.3 Å². The predicted molar refractivity (Wildman–Crippen MR) is 91.3 cm³/mol. The molecular weight excluding hydrogens is 361 g/mol. The van der Waals surface area contributed by atoms with Crippen LogP contribution < -0.4 is 5.32 Å². The number of nitrogens with one attached hydrogen (secondary N) is 1. The molecule has 0 spiro atoms. The molecule has 10 heteroatoms. The topological polar surface area (TPSA) is 75.9 Å². The normalized spacial score (nSPS) is 15.9. The lowest BCUT2D eigenvalue weighted by Gasteiger charge is -2.31. The highest BCUT2D eigenvalue weighted by Crippen LogP contribution is 2.28. The SMILES string of the molecule is CNCCC1CCN(C(=O)c2cn(-c3ccc(C(F)(F)F)cn3)nn2)CC1. The molecule has 1 aliphatic rings. The number of nitrogens with zero attached hydrogens (tertiary/aromatic N) is 5. The fraction of sp³-hybridized carbons (Fsp3) is 0.529. The average Bonchev–Trinajstić information content (AvgIpc) is 3.16. The standard InChI is InChI=1S/C17H21F3N6O/c1-21-7-4-12-5-8-25(9-6-12)16(27)14-11-26(24-23-14)15-3-2-13(10-22-15)17(18,19)20/h2-3,10-12,21H,4-9H2,1H3. The first-order valence-corrected chi connectivity index (χ1v) is 8.78. The first-order chi connectivity index (χ1) is 12.9. The van der Waals surface area contributed by atoms with Crippen molar-refractivity contribution in [3.8, 4) is 5.82 Å². The minimum Gasteiger partial charge on any atom is -0.337 e. The van der Waals surface area contributed by atoms with Gasteiger partial charge in [0.05, 0.1) is 11.8 Å². The van der Waals surface area contributed by atoms with Crippen LogP contribution in [0.3, 0.4) is 0 Å². The Morgan fingerprint density at radius 1 is 1.30 bits per heavy atom. The van der Waals surface area contributed by atoms with E-state index in [4.69, 9.17) is 0 Å². The van der Waals surface area contributed by atoms with Gasteiger partial charge in [0.15, 0.2) is 11.5 Å². The highest BCUT2D eigenvalue weighted by atomic mass is 19.4. The van der Waals surface area contributed by atoms with Crippen LogP contribution in [-0.4, -0.2) is 57.5 Å². The van der Waals surface area contributed by atoms with E-state index in [0.29, 0.717) is 19.0 Å². The van der Waals surface area contributed by atoms with Crippen LogP contribution in [0.1, 0.15) is 35.3 Å². The molecule has 0 aliphatic carbocycles. The number of hydrogen-bond acceptors (Lipinski definition) is 5. The minimum atomic E-state index is -4.45. The number of likely N-dealkylation sites (tertiary alicyclic amines) is 1. The Morgan fingerprint density at radius 2 is 2.04 bits per heavy atom. The number of piperidine rings is 1. The number of aromatic nitrogens is 4. The number of carbonyl (C=O) groups is 1. The molecule has 1 fully saturated rings. The molecule has 146 valence electrons. The molecule has 0 bridgehead atoms. The quantitative estimate of drug-likeness (QED) is 0.858. The largest absolute Gasteiger partial charge is 0.417 e. The third-order valence-electron chi connectivity index (χ3n) is 4.73. The number of rotatable bonds is 5. The summed E-state index contributed by atoms with van der Waals surface area (Å²) in [6.45, 7) is 2.30. The summed E-state index contributed by atoms with van der Waals surface area (Å²) in [6, 6.07) is 2.11. The maximum atomic E-state index is 12.6. The van der Waals surface area contributed by atoms with E-state index in [1.165, 1.54) is 16.9 Å². The summed E-state index contributed by atoms with van der Waals surface area (Å²) in [5, 5.41) is 10.8. The van der Waals surface area contributed by atoms with E-state index in [1.54, 1.807) is 4.90 Å². The molecule has 1 N–H and O–H groups in total. The van der Waals surface area contributed by atoms with Gasteiger partial charge in [-0.2, -0.15) is 13.2 Å². The molecule has 0 radical (unpaired) electrons. The molecule has 0 unspecified atom stereocenters. The molecule has 7 nitrogen and oxygen atoms in total. The average molecular weight is 382 g/mol. The third-order valence-corrected chi connectivity index (χ3v) is 4.73. The summed E-state index contributed by atoms with van der Waals surface area (Å²) in [5.41, 5.74) is -0.686. The third kappa shape index (κ3) is 4.62. The van der Waals surface area contributed by atoms with E-state index in [-0.39, 0.29) is 17.4 Å². The van der Waals surface area contributed by atoms with Gasteiger partial charge < -0.3 is 10.2 Å². The van der Waals surface area contributed by atoms with Crippen molar-refractivity contribution in [1.29, 1.82) is 0 Å². The molecule has 2 aromatic rings. The van der Waals surface area contributed by atoms with Gasteiger partial charge in [0.1, 0.15) is 0 Å². The van der Waals surface area contributed by atoms with Crippen LogP contribution in [0.15, 0.2) is 24.5 Å². The minimum absolute atomic E-state index is 0.158. The summed E-state index contributed by atoms with van der Waals surface area (Å²) < 4.78 is 39.0. The van der Waals surface area contributed by atoms with Crippen LogP contribution in [0.5, 0.6) is 0 Å². The maximum absolute atomic E-state index is 12.6. The lowest BCUT2D eigenvalue weighted by molar-refractivity contribution is -0.137. The van der Waals surface area contributed by atoms with Gasteiger partial charge in [-0.25, -0.2) is 9.67 Å². The van der Waals surface area contributed by atoms with E-state index in [1.807, 2.05) is 7.05 Å². The molecule has 2 aromatic heterocycles. The first kappa shape index (κ1) is 19.3. The summed E-state index contributed by atoms with van der Waals surface area (Å²) in [4.78, 5) is 18.1. The number of carbonyl (C=O) groups excluding carboxylic acids is 1. The van der Waals surface area contributed by atoms with Crippen LogP contribution in [0.2, 0.25) is 0 Å². The molecule has 27 heavy (non-hydrogen) atoms. The van der Waals surface area contributed by atoms with Gasteiger partial charge in [-0.1, -0.05) is 5.21 Å². The van der Waals surface area contributed by atoms with Gasteiger partial charge in [-0.05, 0) is 50.9 Å². The zero-order valence-corrected chi connectivity index (χ0v) is 14.9.